The van der Waals surface area contributed by atoms with Gasteiger partial charge in [-0.05, 0) is 18.2 Å². The van der Waals surface area contributed by atoms with E-state index in [-0.39, 0.29) is 26.2 Å². The summed E-state index contributed by atoms with van der Waals surface area (Å²) in [6, 6.07) is 2.32. The lowest BCUT2D eigenvalue weighted by Gasteiger charge is -2.34. The molecule has 174 valence electrons. The Balaban J connectivity index is 1.70. The lowest BCUT2D eigenvalue weighted by Crippen LogP contribution is -2.51. The number of hydrogen-bond acceptors (Lipinski definition) is 4. The number of rotatable bonds is 4. The van der Waals surface area contributed by atoms with Gasteiger partial charge in [-0.25, -0.2) is 21.6 Å². The van der Waals surface area contributed by atoms with Gasteiger partial charge in [0.15, 0.2) is 17.5 Å². The molecule has 7 nitrogen and oxygen atoms in total. The minimum Gasteiger partial charge on any atom is -0.339 e. The minimum absolute atomic E-state index is 0.211. The van der Waals surface area contributed by atoms with Crippen LogP contribution in [0.3, 0.4) is 0 Å². The Labute approximate surface area is 177 Å². The third-order valence-electron chi connectivity index (χ3n) is 4.83. The summed E-state index contributed by atoms with van der Waals surface area (Å²) in [5.74, 6) is -6.09. The number of sulfonamides is 1. The third kappa shape index (κ3) is 4.65. The Morgan fingerprint density at radius 2 is 1.56 bits per heavy atom. The molecular weight excluding hydrogens is 468 g/mol. The molecule has 2 aromatic rings. The lowest BCUT2D eigenvalue weighted by molar-refractivity contribution is -0.139. The van der Waals surface area contributed by atoms with Crippen LogP contribution < -0.4 is 5.56 Å². The van der Waals surface area contributed by atoms with E-state index < -0.39 is 62.1 Å². The van der Waals surface area contributed by atoms with Crippen molar-refractivity contribution < 1.29 is 39.6 Å². The van der Waals surface area contributed by atoms with Gasteiger partial charge in [-0.15, -0.1) is 0 Å². The Bertz CT molecular complexity index is 1200. The smallest absolute Gasteiger partial charge is 0.339 e. The summed E-state index contributed by atoms with van der Waals surface area (Å²) < 4.78 is 105. The molecule has 1 aliphatic heterocycles. The van der Waals surface area contributed by atoms with Crippen molar-refractivity contribution in [1.82, 2.24) is 13.8 Å². The summed E-state index contributed by atoms with van der Waals surface area (Å²) in [5, 5.41) is 0. The number of amides is 1. The molecule has 1 aliphatic rings. The van der Waals surface area contributed by atoms with Crippen LogP contribution >= 0.6 is 0 Å². The summed E-state index contributed by atoms with van der Waals surface area (Å²) in [6.07, 6.45) is -4.21. The van der Waals surface area contributed by atoms with E-state index in [2.05, 4.69) is 0 Å². The number of alkyl halides is 3. The zero-order valence-electron chi connectivity index (χ0n) is 16.1. The van der Waals surface area contributed by atoms with E-state index in [1.165, 1.54) is 0 Å². The first kappa shape index (κ1) is 23.8. The van der Waals surface area contributed by atoms with Crippen molar-refractivity contribution in [2.45, 2.75) is 17.6 Å². The zero-order chi connectivity index (χ0) is 23.8. The average Bonchev–Trinajstić information content (AvgIpc) is 2.72. The normalized spacial score (nSPS) is 15.8. The van der Waals surface area contributed by atoms with E-state index in [0.29, 0.717) is 35.0 Å². The molecule has 1 aromatic carbocycles. The minimum atomic E-state index is -4.71. The number of nitrogens with zero attached hydrogens (tertiary/aromatic N) is 3. The number of pyridine rings is 1. The first-order chi connectivity index (χ1) is 14.8. The predicted molar refractivity (Wildman–Crippen MR) is 97.4 cm³/mol. The zero-order valence-corrected chi connectivity index (χ0v) is 16.9. The van der Waals surface area contributed by atoms with Gasteiger partial charge in [0.1, 0.15) is 11.4 Å². The van der Waals surface area contributed by atoms with E-state index in [9.17, 15) is 44.3 Å². The Morgan fingerprint density at radius 1 is 0.938 bits per heavy atom. The molecule has 0 radical (unpaired) electrons. The van der Waals surface area contributed by atoms with E-state index in [1.807, 2.05) is 0 Å². The largest absolute Gasteiger partial charge is 0.417 e. The van der Waals surface area contributed by atoms with Crippen molar-refractivity contribution in [3.8, 4) is 0 Å². The number of carbonyl (C=O) groups excluding carboxylic acids is 1. The highest BCUT2D eigenvalue weighted by Gasteiger charge is 2.34. The summed E-state index contributed by atoms with van der Waals surface area (Å²) in [7, 11) is -4.54. The molecule has 0 N–H and O–H groups in total. The average molecular weight is 483 g/mol. The van der Waals surface area contributed by atoms with E-state index in [1.54, 1.807) is 0 Å². The molecular formula is C18H15F6N3O4S. The second kappa shape index (κ2) is 8.58. The number of aromatic nitrogens is 1. The molecule has 1 amide bonds. The van der Waals surface area contributed by atoms with Crippen molar-refractivity contribution in [3.05, 3.63) is 63.8 Å². The second-order valence-corrected chi connectivity index (χ2v) is 8.75. The van der Waals surface area contributed by atoms with Crippen LogP contribution in [0.15, 0.2) is 40.2 Å². The van der Waals surface area contributed by atoms with E-state index >= 15 is 0 Å². The quantitative estimate of drug-likeness (QED) is 0.491. The van der Waals surface area contributed by atoms with Gasteiger partial charge in [0.05, 0.1) is 5.56 Å². The van der Waals surface area contributed by atoms with Crippen molar-refractivity contribution >= 4 is 15.9 Å². The standard InChI is InChI=1S/C18H15F6N3O4S/c19-12-2-3-13(17(21)16(12)20)32(30,31)27-7-5-25(6-8-27)15(29)10-26-9-11(18(22,23)24)1-4-14(26)28/h1-4,9H,5-8,10H2. The Hall–Kier alpha value is -2.87. The molecule has 14 heteroatoms. The van der Waals surface area contributed by atoms with Gasteiger partial charge in [-0.1, -0.05) is 0 Å². The van der Waals surface area contributed by atoms with Crippen molar-refractivity contribution in [1.29, 1.82) is 0 Å². The highest BCUT2D eigenvalue weighted by molar-refractivity contribution is 7.89. The molecule has 0 atom stereocenters. The first-order valence-corrected chi connectivity index (χ1v) is 10.5. The maximum atomic E-state index is 13.9. The van der Waals surface area contributed by atoms with Crippen LogP contribution in [0, 0.1) is 17.5 Å². The van der Waals surface area contributed by atoms with Crippen LogP contribution in [0.25, 0.3) is 0 Å². The molecule has 1 aromatic heterocycles. The molecule has 32 heavy (non-hydrogen) atoms. The fourth-order valence-electron chi connectivity index (χ4n) is 3.09. The Kier molecular flexibility index (Phi) is 6.38. The molecule has 2 heterocycles. The maximum Gasteiger partial charge on any atom is 0.417 e. The third-order valence-corrected chi connectivity index (χ3v) is 6.74. The molecule has 1 saturated heterocycles. The van der Waals surface area contributed by atoms with Crippen molar-refractivity contribution in [2.75, 3.05) is 26.2 Å². The van der Waals surface area contributed by atoms with Crippen LogP contribution in [0.1, 0.15) is 5.56 Å². The number of carbonyl (C=O) groups is 1. The van der Waals surface area contributed by atoms with E-state index in [0.717, 1.165) is 9.21 Å². The summed E-state index contributed by atoms with van der Waals surface area (Å²) in [4.78, 5) is 24.3. The fraction of sp³-hybridized carbons (Fsp3) is 0.333. The number of piperazine rings is 1. The van der Waals surface area contributed by atoms with Crippen LogP contribution in [-0.4, -0.2) is 54.3 Å². The second-order valence-electron chi connectivity index (χ2n) is 6.84. The summed E-state index contributed by atoms with van der Waals surface area (Å²) in [6.45, 7) is -1.78. The summed E-state index contributed by atoms with van der Waals surface area (Å²) >= 11 is 0. The highest BCUT2D eigenvalue weighted by atomic mass is 32.2. The van der Waals surface area contributed by atoms with Gasteiger partial charge in [0.2, 0.25) is 15.9 Å². The topological polar surface area (TPSA) is 79.7 Å². The SMILES string of the molecule is O=C(Cn1cc(C(F)(F)F)ccc1=O)N1CCN(S(=O)(=O)c2ccc(F)c(F)c2F)CC1. The first-order valence-electron chi connectivity index (χ1n) is 9.01. The molecule has 1 fully saturated rings. The van der Waals surface area contributed by atoms with Gasteiger partial charge >= 0.3 is 6.18 Å². The highest BCUT2D eigenvalue weighted by Crippen LogP contribution is 2.28. The van der Waals surface area contributed by atoms with E-state index in [4.69, 9.17) is 0 Å². The van der Waals surface area contributed by atoms with Gasteiger partial charge in [0.25, 0.3) is 5.56 Å². The predicted octanol–water partition coefficient (Wildman–Crippen LogP) is 1.82. The monoisotopic (exact) mass is 483 g/mol. The molecule has 3 rings (SSSR count). The molecule has 0 aliphatic carbocycles. The van der Waals surface area contributed by atoms with Gasteiger partial charge in [-0.3, -0.25) is 9.59 Å². The number of benzene rings is 1. The number of halogens is 6. The maximum absolute atomic E-state index is 13.9. The van der Waals surface area contributed by atoms with Crippen LogP contribution in [0.5, 0.6) is 0 Å². The van der Waals surface area contributed by atoms with Gasteiger partial charge < -0.3 is 9.47 Å². The molecule has 0 bridgehead atoms. The fourth-order valence-corrected chi connectivity index (χ4v) is 4.57. The van der Waals surface area contributed by atoms with Crippen LogP contribution in [0.2, 0.25) is 0 Å². The number of hydrogen-bond donors (Lipinski definition) is 0. The van der Waals surface area contributed by atoms with Gasteiger partial charge in [0, 0.05) is 38.4 Å². The molecule has 0 spiro atoms. The lowest BCUT2D eigenvalue weighted by atomic mass is 10.2. The van der Waals surface area contributed by atoms with Gasteiger partial charge in [-0.2, -0.15) is 17.5 Å². The van der Waals surface area contributed by atoms with Crippen LogP contribution in [-0.2, 0) is 27.5 Å². The summed E-state index contributed by atoms with van der Waals surface area (Å²) in [5.41, 5.74) is -1.95. The molecule has 0 unspecified atom stereocenters. The Morgan fingerprint density at radius 3 is 2.16 bits per heavy atom. The van der Waals surface area contributed by atoms with Crippen LogP contribution in [0.4, 0.5) is 26.3 Å². The van der Waals surface area contributed by atoms with Crippen molar-refractivity contribution in [3.63, 3.8) is 0 Å². The van der Waals surface area contributed by atoms with Crippen molar-refractivity contribution in [2.24, 2.45) is 0 Å². The molecule has 0 saturated carbocycles.